The molecule has 3 N–H and O–H groups in total. The maximum absolute atomic E-state index is 12.7. The number of carbonyl (C=O) groups is 1. The molecule has 164 valence electrons. The van der Waals surface area contributed by atoms with E-state index in [0.29, 0.717) is 29.8 Å². The average molecular weight is 432 g/mol. The number of hydrogen-bond acceptors (Lipinski definition) is 3. The molecule has 1 aliphatic rings. The van der Waals surface area contributed by atoms with Crippen LogP contribution in [-0.4, -0.2) is 22.6 Å². The number of benzene rings is 2. The zero-order valence-corrected chi connectivity index (χ0v) is 16.9. The fraction of sp³-hybridized carbons (Fsp3) is 0.348. The monoisotopic (exact) mass is 432 g/mol. The molecular formula is C23H23F3N2O3. The minimum Gasteiger partial charge on any atom is -0.489 e. The summed E-state index contributed by atoms with van der Waals surface area (Å²) in [7, 11) is 0. The van der Waals surface area contributed by atoms with Crippen LogP contribution in [0.25, 0.3) is 10.9 Å². The number of carbonyl (C=O) groups excluding carboxylic acids is 1. The average Bonchev–Trinajstić information content (AvgIpc) is 3.11. The summed E-state index contributed by atoms with van der Waals surface area (Å²) in [5.41, 5.74) is 0.883. The molecule has 1 heterocycles. The molecule has 1 fully saturated rings. The normalized spacial score (nSPS) is 21.0. The summed E-state index contributed by atoms with van der Waals surface area (Å²) in [6.07, 6.45) is -1.35. The second-order valence-electron chi connectivity index (χ2n) is 8.36. The summed E-state index contributed by atoms with van der Waals surface area (Å²) >= 11 is 0. The van der Waals surface area contributed by atoms with Gasteiger partial charge < -0.3 is 20.1 Å². The maximum atomic E-state index is 12.7. The van der Waals surface area contributed by atoms with E-state index in [1.807, 2.05) is 13.0 Å². The number of rotatable bonds is 6. The lowest BCUT2D eigenvalue weighted by molar-refractivity contribution is -0.137. The van der Waals surface area contributed by atoms with Gasteiger partial charge in [-0.15, -0.1) is 0 Å². The van der Waals surface area contributed by atoms with Crippen molar-refractivity contribution in [1.82, 2.24) is 4.98 Å². The van der Waals surface area contributed by atoms with Crippen LogP contribution in [0.15, 0.2) is 48.7 Å². The largest absolute Gasteiger partial charge is 0.489 e. The van der Waals surface area contributed by atoms with Gasteiger partial charge in [-0.25, -0.2) is 0 Å². The molecule has 1 aliphatic carbocycles. The number of alkyl halides is 3. The number of aliphatic hydroxyl groups is 1. The van der Waals surface area contributed by atoms with Crippen molar-refractivity contribution in [2.24, 2.45) is 11.3 Å². The highest BCUT2D eigenvalue weighted by molar-refractivity contribution is 6.04. The Hall–Kier alpha value is -3.00. The van der Waals surface area contributed by atoms with Crippen molar-refractivity contribution in [3.05, 3.63) is 59.8 Å². The van der Waals surface area contributed by atoms with Gasteiger partial charge in [0.1, 0.15) is 12.4 Å². The van der Waals surface area contributed by atoms with E-state index in [4.69, 9.17) is 4.74 Å². The molecule has 0 radical (unpaired) electrons. The van der Waals surface area contributed by atoms with E-state index in [9.17, 15) is 23.1 Å². The van der Waals surface area contributed by atoms with Crippen LogP contribution >= 0.6 is 0 Å². The Morgan fingerprint density at radius 3 is 2.58 bits per heavy atom. The molecule has 1 aromatic heterocycles. The van der Waals surface area contributed by atoms with Crippen LogP contribution < -0.4 is 10.1 Å². The summed E-state index contributed by atoms with van der Waals surface area (Å²) in [5, 5.41) is 12.9. The standard InChI is InChI=1S/C23H23F3N2O3/c1-22(9-15(10-22)12-29)21(30)28-20-11-27-19-7-6-17(8-18(19)20)31-13-14-2-4-16(5-3-14)23(24,25)26/h2-8,11,15,27,29H,9-10,12-13H2,1H3,(H,28,30)/t15-,22-. The predicted molar refractivity (Wildman–Crippen MR) is 111 cm³/mol. The first-order valence-corrected chi connectivity index (χ1v) is 10.0. The molecule has 0 bridgehead atoms. The molecule has 4 rings (SSSR count). The lowest BCUT2D eigenvalue weighted by atomic mass is 9.63. The first-order valence-electron chi connectivity index (χ1n) is 10.0. The van der Waals surface area contributed by atoms with Crippen molar-refractivity contribution in [2.75, 3.05) is 11.9 Å². The predicted octanol–water partition coefficient (Wildman–Crippen LogP) is 5.11. The number of aromatic nitrogens is 1. The zero-order valence-electron chi connectivity index (χ0n) is 16.9. The van der Waals surface area contributed by atoms with E-state index in [1.54, 1.807) is 18.3 Å². The molecule has 0 aliphatic heterocycles. The minimum atomic E-state index is -4.37. The van der Waals surface area contributed by atoms with E-state index >= 15 is 0 Å². The fourth-order valence-electron chi connectivity index (χ4n) is 4.05. The van der Waals surface area contributed by atoms with Crippen molar-refractivity contribution < 1.29 is 27.8 Å². The van der Waals surface area contributed by atoms with Gasteiger partial charge in [-0.1, -0.05) is 19.1 Å². The zero-order chi connectivity index (χ0) is 22.2. The molecule has 1 amide bonds. The molecule has 0 atom stereocenters. The van der Waals surface area contributed by atoms with Crippen molar-refractivity contribution in [2.45, 2.75) is 32.5 Å². The number of ether oxygens (including phenoxy) is 1. The lowest BCUT2D eigenvalue weighted by Crippen LogP contribution is -2.45. The Balaban J connectivity index is 1.44. The minimum absolute atomic E-state index is 0.0887. The third-order valence-electron chi connectivity index (χ3n) is 5.87. The van der Waals surface area contributed by atoms with Crippen LogP contribution in [0.1, 0.15) is 30.9 Å². The number of anilines is 1. The molecule has 31 heavy (non-hydrogen) atoms. The number of aliphatic hydroxyl groups excluding tert-OH is 1. The summed E-state index contributed by atoms with van der Waals surface area (Å²) in [6, 6.07) is 10.2. The van der Waals surface area contributed by atoms with E-state index < -0.39 is 17.2 Å². The van der Waals surface area contributed by atoms with E-state index in [0.717, 1.165) is 23.0 Å². The molecule has 0 spiro atoms. The number of hydrogen-bond donors (Lipinski definition) is 3. The third-order valence-corrected chi connectivity index (χ3v) is 5.87. The van der Waals surface area contributed by atoms with E-state index in [1.165, 1.54) is 12.1 Å². The molecule has 8 heteroatoms. The summed E-state index contributed by atoms with van der Waals surface area (Å²) in [6.45, 7) is 2.11. The molecule has 0 saturated heterocycles. The van der Waals surface area contributed by atoms with E-state index in [-0.39, 0.29) is 25.0 Å². The Labute approximate surface area is 177 Å². The van der Waals surface area contributed by atoms with Gasteiger partial charge in [0.25, 0.3) is 0 Å². The molecule has 0 unspecified atom stereocenters. The van der Waals surface area contributed by atoms with Crippen LogP contribution in [0.2, 0.25) is 0 Å². The number of aromatic amines is 1. The van der Waals surface area contributed by atoms with Gasteiger partial charge in [-0.2, -0.15) is 13.2 Å². The number of fused-ring (bicyclic) bond motifs is 1. The van der Waals surface area contributed by atoms with Gasteiger partial charge >= 0.3 is 6.18 Å². The maximum Gasteiger partial charge on any atom is 0.416 e. The quantitative estimate of drug-likeness (QED) is 0.507. The topological polar surface area (TPSA) is 74.4 Å². The molecule has 1 saturated carbocycles. The highest BCUT2D eigenvalue weighted by Crippen LogP contribution is 2.46. The summed E-state index contributed by atoms with van der Waals surface area (Å²) < 4.78 is 43.8. The number of amides is 1. The first kappa shape index (κ1) is 21.2. The Morgan fingerprint density at radius 1 is 1.23 bits per heavy atom. The number of halogens is 3. The van der Waals surface area contributed by atoms with Gasteiger partial charge in [-0.05, 0) is 54.7 Å². The van der Waals surface area contributed by atoms with Crippen LogP contribution in [0.4, 0.5) is 18.9 Å². The molecular weight excluding hydrogens is 409 g/mol. The van der Waals surface area contributed by atoms with Crippen molar-refractivity contribution >= 4 is 22.5 Å². The summed E-state index contributed by atoms with van der Waals surface area (Å²) in [5.74, 6) is 0.621. The molecule has 5 nitrogen and oxygen atoms in total. The van der Waals surface area contributed by atoms with Gasteiger partial charge in [0, 0.05) is 29.1 Å². The highest BCUT2D eigenvalue weighted by Gasteiger charge is 2.45. The van der Waals surface area contributed by atoms with Crippen molar-refractivity contribution in [1.29, 1.82) is 0 Å². The van der Waals surface area contributed by atoms with Gasteiger partial charge in [-0.3, -0.25) is 4.79 Å². The van der Waals surface area contributed by atoms with Crippen LogP contribution in [0, 0.1) is 11.3 Å². The van der Waals surface area contributed by atoms with Gasteiger partial charge in [0.05, 0.1) is 11.3 Å². The summed E-state index contributed by atoms with van der Waals surface area (Å²) in [4.78, 5) is 15.8. The fourth-order valence-corrected chi connectivity index (χ4v) is 4.05. The van der Waals surface area contributed by atoms with Crippen LogP contribution in [0.5, 0.6) is 5.75 Å². The second kappa shape index (κ2) is 7.92. The number of nitrogens with one attached hydrogen (secondary N) is 2. The molecule has 2 aromatic carbocycles. The van der Waals surface area contributed by atoms with E-state index in [2.05, 4.69) is 10.3 Å². The highest BCUT2D eigenvalue weighted by atomic mass is 19.4. The Morgan fingerprint density at radius 2 is 1.94 bits per heavy atom. The SMILES string of the molecule is C[C@]1(C(=O)Nc2c[nH]c3ccc(OCc4ccc(C(F)(F)F)cc4)cc23)C[C@H](CO)C1. The van der Waals surface area contributed by atoms with Gasteiger partial charge in [0.2, 0.25) is 5.91 Å². The molecule has 3 aromatic rings. The lowest BCUT2D eigenvalue weighted by Gasteiger charge is -2.42. The van der Waals surface area contributed by atoms with Crippen LogP contribution in [-0.2, 0) is 17.6 Å². The number of H-pyrrole nitrogens is 1. The van der Waals surface area contributed by atoms with Gasteiger partial charge in [0.15, 0.2) is 0 Å². The van der Waals surface area contributed by atoms with Crippen LogP contribution in [0.3, 0.4) is 0 Å². The Kier molecular flexibility index (Phi) is 5.43. The third kappa shape index (κ3) is 4.39. The first-order chi connectivity index (χ1) is 14.7. The second-order valence-corrected chi connectivity index (χ2v) is 8.36. The van der Waals surface area contributed by atoms with Crippen molar-refractivity contribution in [3.8, 4) is 5.75 Å². The smallest absolute Gasteiger partial charge is 0.416 e. The Bertz CT molecular complexity index is 1080. The van der Waals surface area contributed by atoms with Crippen molar-refractivity contribution in [3.63, 3.8) is 0 Å².